The van der Waals surface area contributed by atoms with Gasteiger partial charge < -0.3 is 4.90 Å². The van der Waals surface area contributed by atoms with E-state index in [4.69, 9.17) is 11.6 Å². The number of hydrogen-bond donors (Lipinski definition) is 0. The maximum absolute atomic E-state index is 5.84. The predicted molar refractivity (Wildman–Crippen MR) is 62.0 cm³/mol. The Morgan fingerprint density at radius 2 is 2.14 bits per heavy atom. The smallest absolute Gasteiger partial charge is 0.131 e. The topological polar surface area (TPSA) is 16.1 Å². The predicted octanol–water partition coefficient (Wildman–Crippen LogP) is 3.36. The number of pyridine rings is 1. The quantitative estimate of drug-likeness (QED) is 0.696. The van der Waals surface area contributed by atoms with Crippen molar-refractivity contribution in [2.45, 2.75) is 26.7 Å². The Kier molecular flexibility index (Phi) is 4.74. The van der Waals surface area contributed by atoms with Crippen molar-refractivity contribution in [3.05, 3.63) is 23.4 Å². The molecule has 0 saturated heterocycles. The first-order chi connectivity index (χ1) is 6.77. The van der Waals surface area contributed by atoms with Crippen molar-refractivity contribution in [1.82, 2.24) is 4.98 Å². The Morgan fingerprint density at radius 1 is 1.36 bits per heavy atom. The molecule has 0 aromatic carbocycles. The summed E-state index contributed by atoms with van der Waals surface area (Å²) in [4.78, 5) is 6.53. The highest BCUT2D eigenvalue weighted by atomic mass is 35.5. The van der Waals surface area contributed by atoms with E-state index in [0.717, 1.165) is 18.9 Å². The monoisotopic (exact) mass is 212 g/mol. The summed E-state index contributed by atoms with van der Waals surface area (Å²) in [5.74, 6) is 0.980. The van der Waals surface area contributed by atoms with E-state index in [1.807, 2.05) is 12.1 Å². The van der Waals surface area contributed by atoms with Crippen LogP contribution in [0.2, 0.25) is 5.15 Å². The number of rotatable bonds is 5. The molecule has 1 aromatic heterocycles. The highest BCUT2D eigenvalue weighted by Gasteiger charge is 2.04. The van der Waals surface area contributed by atoms with E-state index in [1.165, 1.54) is 12.8 Å². The fourth-order valence-corrected chi connectivity index (χ4v) is 1.52. The zero-order chi connectivity index (χ0) is 10.4. The van der Waals surface area contributed by atoms with Gasteiger partial charge in [0.1, 0.15) is 11.0 Å². The number of halogens is 1. The minimum Gasteiger partial charge on any atom is -0.357 e. The summed E-state index contributed by atoms with van der Waals surface area (Å²) in [5.41, 5.74) is 0. The Morgan fingerprint density at radius 3 is 2.71 bits per heavy atom. The lowest BCUT2D eigenvalue weighted by Gasteiger charge is -2.21. The Balaban J connectivity index is 2.68. The third-order valence-electron chi connectivity index (χ3n) is 2.19. The second-order valence-electron chi connectivity index (χ2n) is 3.25. The molecule has 0 unspecified atom stereocenters. The summed E-state index contributed by atoms with van der Waals surface area (Å²) < 4.78 is 0. The minimum absolute atomic E-state index is 0.567. The SMILES string of the molecule is CCCCN(CC)c1cccc(Cl)n1. The Hall–Kier alpha value is -0.760. The first kappa shape index (κ1) is 11.3. The van der Waals surface area contributed by atoms with Gasteiger partial charge in [0, 0.05) is 13.1 Å². The molecule has 78 valence electrons. The molecule has 0 radical (unpaired) electrons. The van der Waals surface area contributed by atoms with Gasteiger partial charge in [-0.15, -0.1) is 0 Å². The van der Waals surface area contributed by atoms with E-state index in [2.05, 4.69) is 23.7 Å². The fourth-order valence-electron chi connectivity index (χ4n) is 1.36. The molecule has 1 heterocycles. The second-order valence-corrected chi connectivity index (χ2v) is 3.64. The molecule has 0 spiro atoms. The van der Waals surface area contributed by atoms with Gasteiger partial charge in [-0.3, -0.25) is 0 Å². The average molecular weight is 213 g/mol. The van der Waals surface area contributed by atoms with Gasteiger partial charge in [-0.05, 0) is 25.5 Å². The molecule has 0 saturated carbocycles. The molecule has 0 aliphatic rings. The highest BCUT2D eigenvalue weighted by molar-refractivity contribution is 6.29. The van der Waals surface area contributed by atoms with Crippen LogP contribution in [0.15, 0.2) is 18.2 Å². The molecule has 0 bridgehead atoms. The minimum atomic E-state index is 0.567. The lowest BCUT2D eigenvalue weighted by Crippen LogP contribution is -2.24. The van der Waals surface area contributed by atoms with Gasteiger partial charge in [0.15, 0.2) is 0 Å². The van der Waals surface area contributed by atoms with Crippen LogP contribution < -0.4 is 4.90 Å². The molecule has 0 fully saturated rings. The molecule has 2 nitrogen and oxygen atoms in total. The summed E-state index contributed by atoms with van der Waals surface area (Å²) in [5, 5.41) is 0.567. The highest BCUT2D eigenvalue weighted by Crippen LogP contribution is 2.14. The van der Waals surface area contributed by atoms with Crippen LogP contribution in [-0.4, -0.2) is 18.1 Å². The molecule has 3 heteroatoms. The van der Waals surface area contributed by atoms with E-state index >= 15 is 0 Å². The largest absolute Gasteiger partial charge is 0.357 e. The van der Waals surface area contributed by atoms with Crippen LogP contribution in [-0.2, 0) is 0 Å². The number of nitrogens with zero attached hydrogens (tertiary/aromatic N) is 2. The summed E-state index contributed by atoms with van der Waals surface area (Å²) in [7, 11) is 0. The first-order valence-electron chi connectivity index (χ1n) is 5.15. The molecule has 0 amide bonds. The lowest BCUT2D eigenvalue weighted by atomic mass is 10.3. The molecule has 1 rings (SSSR count). The van der Waals surface area contributed by atoms with Crippen molar-refractivity contribution < 1.29 is 0 Å². The zero-order valence-corrected chi connectivity index (χ0v) is 9.59. The van der Waals surface area contributed by atoms with Gasteiger partial charge in [0.2, 0.25) is 0 Å². The van der Waals surface area contributed by atoms with Gasteiger partial charge in [0.05, 0.1) is 0 Å². The van der Waals surface area contributed by atoms with Gasteiger partial charge >= 0.3 is 0 Å². The second kappa shape index (κ2) is 5.86. The van der Waals surface area contributed by atoms with Gasteiger partial charge in [-0.25, -0.2) is 4.98 Å². The molecule has 0 aliphatic heterocycles. The molecule has 0 atom stereocenters. The zero-order valence-electron chi connectivity index (χ0n) is 8.83. The van der Waals surface area contributed by atoms with E-state index < -0.39 is 0 Å². The van der Waals surface area contributed by atoms with Crippen LogP contribution in [0, 0.1) is 0 Å². The van der Waals surface area contributed by atoms with Crippen molar-refractivity contribution >= 4 is 17.4 Å². The van der Waals surface area contributed by atoms with E-state index in [9.17, 15) is 0 Å². The molecular formula is C11H17ClN2. The Bertz CT molecular complexity index is 276. The summed E-state index contributed by atoms with van der Waals surface area (Å²) >= 11 is 5.84. The summed E-state index contributed by atoms with van der Waals surface area (Å²) in [6.45, 7) is 6.37. The van der Waals surface area contributed by atoms with Crippen LogP contribution in [0.5, 0.6) is 0 Å². The van der Waals surface area contributed by atoms with Crippen LogP contribution in [0.3, 0.4) is 0 Å². The normalized spacial score (nSPS) is 10.2. The summed E-state index contributed by atoms with van der Waals surface area (Å²) in [6, 6.07) is 5.75. The molecule has 1 aromatic rings. The van der Waals surface area contributed by atoms with E-state index in [0.29, 0.717) is 5.15 Å². The molecular weight excluding hydrogens is 196 g/mol. The number of anilines is 1. The number of aromatic nitrogens is 1. The third kappa shape index (κ3) is 3.18. The van der Waals surface area contributed by atoms with Crippen LogP contribution >= 0.6 is 11.6 Å². The third-order valence-corrected chi connectivity index (χ3v) is 2.40. The van der Waals surface area contributed by atoms with Crippen molar-refractivity contribution in [2.24, 2.45) is 0 Å². The number of hydrogen-bond acceptors (Lipinski definition) is 2. The maximum atomic E-state index is 5.84. The van der Waals surface area contributed by atoms with E-state index in [1.54, 1.807) is 6.07 Å². The fraction of sp³-hybridized carbons (Fsp3) is 0.545. The standard InChI is InChI=1S/C11H17ClN2/c1-3-5-9-14(4-2)11-8-6-7-10(12)13-11/h6-8H,3-5,9H2,1-2H3. The van der Waals surface area contributed by atoms with E-state index in [-0.39, 0.29) is 0 Å². The van der Waals surface area contributed by atoms with Crippen molar-refractivity contribution in [1.29, 1.82) is 0 Å². The first-order valence-corrected chi connectivity index (χ1v) is 5.53. The van der Waals surface area contributed by atoms with Gasteiger partial charge in [0.25, 0.3) is 0 Å². The van der Waals surface area contributed by atoms with Gasteiger partial charge in [-0.2, -0.15) is 0 Å². The van der Waals surface area contributed by atoms with Crippen molar-refractivity contribution in [3.8, 4) is 0 Å². The Labute approximate surface area is 90.9 Å². The van der Waals surface area contributed by atoms with Gasteiger partial charge in [-0.1, -0.05) is 31.0 Å². The van der Waals surface area contributed by atoms with Crippen LogP contribution in [0.4, 0.5) is 5.82 Å². The number of unbranched alkanes of at least 4 members (excludes halogenated alkanes) is 1. The van der Waals surface area contributed by atoms with Crippen LogP contribution in [0.1, 0.15) is 26.7 Å². The molecule has 0 aliphatic carbocycles. The average Bonchev–Trinajstić information content (AvgIpc) is 2.19. The van der Waals surface area contributed by atoms with Crippen molar-refractivity contribution in [3.63, 3.8) is 0 Å². The summed E-state index contributed by atoms with van der Waals surface area (Å²) in [6.07, 6.45) is 2.40. The van der Waals surface area contributed by atoms with Crippen LogP contribution in [0.25, 0.3) is 0 Å². The molecule has 0 N–H and O–H groups in total. The van der Waals surface area contributed by atoms with Crippen molar-refractivity contribution in [2.75, 3.05) is 18.0 Å². The lowest BCUT2D eigenvalue weighted by molar-refractivity contribution is 0.724. The maximum Gasteiger partial charge on any atom is 0.131 e. The molecule has 14 heavy (non-hydrogen) atoms.